The third kappa shape index (κ3) is 3.85. The monoisotopic (exact) mass is 322 g/mol. The zero-order valence-electron chi connectivity index (χ0n) is 12.6. The number of rotatable bonds is 5. The summed E-state index contributed by atoms with van der Waals surface area (Å²) >= 11 is 1.22. The van der Waals surface area contributed by atoms with Gasteiger partial charge in [0.25, 0.3) is 0 Å². The Morgan fingerprint density at radius 1 is 1.50 bits per heavy atom. The third-order valence-corrected chi connectivity index (χ3v) is 4.31. The highest BCUT2D eigenvalue weighted by atomic mass is 32.2. The molecule has 1 aliphatic rings. The Bertz CT molecular complexity index is 591. The second kappa shape index (κ2) is 7.40. The van der Waals surface area contributed by atoms with E-state index in [-0.39, 0.29) is 29.1 Å². The van der Waals surface area contributed by atoms with Crippen molar-refractivity contribution in [1.29, 1.82) is 0 Å². The van der Waals surface area contributed by atoms with Gasteiger partial charge >= 0.3 is 5.97 Å². The number of nitrogens with zero attached hydrogens (tertiary/aromatic N) is 2. The number of hydrogen-bond acceptors (Lipinski definition) is 6. The topological polar surface area (TPSA) is 76.6 Å². The van der Waals surface area contributed by atoms with E-state index in [1.54, 1.807) is 25.3 Å². The fraction of sp³-hybridized carbons (Fsp3) is 0.467. The number of amides is 1. The van der Waals surface area contributed by atoms with Crippen LogP contribution < -0.4 is 4.90 Å². The van der Waals surface area contributed by atoms with Gasteiger partial charge in [-0.15, -0.1) is 0 Å². The van der Waals surface area contributed by atoms with Gasteiger partial charge in [-0.1, -0.05) is 11.8 Å². The van der Waals surface area contributed by atoms with Crippen LogP contribution in [0.3, 0.4) is 0 Å². The van der Waals surface area contributed by atoms with E-state index >= 15 is 0 Å². The Morgan fingerprint density at radius 2 is 2.27 bits per heavy atom. The number of anilines is 1. The lowest BCUT2D eigenvalue weighted by atomic mass is 10.1. The molecule has 0 bridgehead atoms. The molecule has 1 unspecified atom stereocenters. The van der Waals surface area contributed by atoms with E-state index in [1.807, 2.05) is 0 Å². The molecule has 2 rings (SSSR count). The molecule has 0 radical (unpaired) electrons. The summed E-state index contributed by atoms with van der Waals surface area (Å²) < 4.78 is 5.00. The SMILES string of the molecule is CCOC(=O)c1cccnc1N1CC(CSC(C)=O)CC1=O. The van der Waals surface area contributed by atoms with Gasteiger partial charge in [-0.05, 0) is 25.0 Å². The first-order chi connectivity index (χ1) is 10.5. The predicted molar refractivity (Wildman–Crippen MR) is 83.8 cm³/mol. The number of aromatic nitrogens is 1. The van der Waals surface area contributed by atoms with E-state index in [4.69, 9.17) is 4.74 Å². The molecule has 0 aromatic carbocycles. The van der Waals surface area contributed by atoms with Crippen LogP contribution in [0.15, 0.2) is 18.3 Å². The molecule has 7 heteroatoms. The average Bonchev–Trinajstić information content (AvgIpc) is 2.86. The van der Waals surface area contributed by atoms with Crippen molar-refractivity contribution in [2.75, 3.05) is 23.8 Å². The largest absolute Gasteiger partial charge is 0.462 e. The van der Waals surface area contributed by atoms with Gasteiger partial charge in [0.15, 0.2) is 5.12 Å². The van der Waals surface area contributed by atoms with Crippen molar-refractivity contribution < 1.29 is 19.1 Å². The van der Waals surface area contributed by atoms with Gasteiger partial charge < -0.3 is 4.74 Å². The van der Waals surface area contributed by atoms with Crippen molar-refractivity contribution in [1.82, 2.24) is 4.98 Å². The van der Waals surface area contributed by atoms with Gasteiger partial charge in [0, 0.05) is 31.8 Å². The Hall–Kier alpha value is -1.89. The summed E-state index contributed by atoms with van der Waals surface area (Å²) in [6, 6.07) is 3.24. The van der Waals surface area contributed by atoms with Crippen LogP contribution in [0.25, 0.3) is 0 Å². The molecule has 1 fully saturated rings. The molecule has 1 amide bonds. The molecule has 1 aliphatic heterocycles. The van der Waals surface area contributed by atoms with Crippen LogP contribution in [-0.4, -0.2) is 40.9 Å². The Balaban J connectivity index is 2.16. The average molecular weight is 322 g/mol. The van der Waals surface area contributed by atoms with Crippen molar-refractivity contribution in [3.05, 3.63) is 23.9 Å². The molecule has 118 valence electrons. The fourth-order valence-corrected chi connectivity index (χ4v) is 3.01. The van der Waals surface area contributed by atoms with Crippen LogP contribution in [0.5, 0.6) is 0 Å². The van der Waals surface area contributed by atoms with Crippen LogP contribution in [0.2, 0.25) is 0 Å². The predicted octanol–water partition coefficient (Wildman–Crippen LogP) is 1.89. The number of hydrogen-bond donors (Lipinski definition) is 0. The van der Waals surface area contributed by atoms with Crippen LogP contribution in [0, 0.1) is 5.92 Å². The van der Waals surface area contributed by atoms with E-state index in [1.165, 1.54) is 23.6 Å². The van der Waals surface area contributed by atoms with Gasteiger partial charge in [-0.3, -0.25) is 14.5 Å². The van der Waals surface area contributed by atoms with Crippen molar-refractivity contribution >= 4 is 34.6 Å². The molecule has 0 saturated carbocycles. The van der Waals surface area contributed by atoms with E-state index in [2.05, 4.69) is 4.98 Å². The first-order valence-electron chi connectivity index (χ1n) is 7.08. The fourth-order valence-electron chi connectivity index (χ4n) is 2.31. The highest BCUT2D eigenvalue weighted by molar-refractivity contribution is 8.13. The minimum atomic E-state index is -0.486. The highest BCUT2D eigenvalue weighted by Gasteiger charge is 2.33. The summed E-state index contributed by atoms with van der Waals surface area (Å²) in [6.07, 6.45) is 1.90. The van der Waals surface area contributed by atoms with Crippen molar-refractivity contribution in [2.24, 2.45) is 5.92 Å². The summed E-state index contributed by atoms with van der Waals surface area (Å²) in [5, 5.41) is 0.0379. The number of esters is 1. The zero-order chi connectivity index (χ0) is 16.1. The Morgan fingerprint density at radius 3 is 2.95 bits per heavy atom. The minimum Gasteiger partial charge on any atom is -0.462 e. The molecule has 0 N–H and O–H groups in total. The van der Waals surface area contributed by atoms with Crippen LogP contribution in [-0.2, 0) is 14.3 Å². The lowest BCUT2D eigenvalue weighted by Crippen LogP contribution is -2.28. The molecule has 2 heterocycles. The summed E-state index contributed by atoms with van der Waals surface area (Å²) in [7, 11) is 0. The van der Waals surface area contributed by atoms with Crippen LogP contribution in [0.4, 0.5) is 5.82 Å². The molecule has 1 saturated heterocycles. The first-order valence-corrected chi connectivity index (χ1v) is 8.07. The minimum absolute atomic E-state index is 0.0379. The lowest BCUT2D eigenvalue weighted by molar-refractivity contribution is -0.117. The number of thioether (sulfide) groups is 1. The molecule has 22 heavy (non-hydrogen) atoms. The zero-order valence-corrected chi connectivity index (χ0v) is 13.4. The number of pyridine rings is 1. The molecule has 1 aromatic rings. The van der Waals surface area contributed by atoms with Crippen molar-refractivity contribution in [2.45, 2.75) is 20.3 Å². The maximum Gasteiger partial charge on any atom is 0.341 e. The molecule has 1 atom stereocenters. The molecule has 0 spiro atoms. The second-order valence-corrected chi connectivity index (χ2v) is 6.17. The Kier molecular flexibility index (Phi) is 5.54. The van der Waals surface area contributed by atoms with Gasteiger partial charge in [0.2, 0.25) is 5.91 Å². The molecular formula is C15H18N2O4S. The quantitative estimate of drug-likeness (QED) is 0.771. The van der Waals surface area contributed by atoms with Crippen LogP contribution in [0.1, 0.15) is 30.6 Å². The van der Waals surface area contributed by atoms with Gasteiger partial charge in [0.1, 0.15) is 11.4 Å². The normalized spacial score (nSPS) is 17.6. The standard InChI is InChI=1S/C15H18N2O4S/c1-3-21-15(20)12-5-4-6-16-14(12)17-8-11(7-13(17)19)9-22-10(2)18/h4-6,11H,3,7-9H2,1-2H3. The summed E-state index contributed by atoms with van der Waals surface area (Å²) in [6.45, 7) is 3.96. The van der Waals surface area contributed by atoms with E-state index in [0.29, 0.717) is 24.5 Å². The molecule has 0 aliphatic carbocycles. The van der Waals surface area contributed by atoms with E-state index in [0.717, 1.165) is 0 Å². The summed E-state index contributed by atoms with van der Waals surface area (Å²) in [5.74, 6) is 0.442. The summed E-state index contributed by atoms with van der Waals surface area (Å²) in [4.78, 5) is 40.9. The number of carbonyl (C=O) groups is 3. The highest BCUT2D eigenvalue weighted by Crippen LogP contribution is 2.28. The smallest absolute Gasteiger partial charge is 0.341 e. The molecule has 6 nitrogen and oxygen atoms in total. The van der Waals surface area contributed by atoms with Gasteiger partial charge in [-0.2, -0.15) is 0 Å². The lowest BCUT2D eigenvalue weighted by Gasteiger charge is -2.18. The van der Waals surface area contributed by atoms with Crippen molar-refractivity contribution in [3.8, 4) is 0 Å². The maximum absolute atomic E-state index is 12.2. The Labute approximate surface area is 133 Å². The molecular weight excluding hydrogens is 304 g/mol. The van der Waals surface area contributed by atoms with E-state index < -0.39 is 5.97 Å². The third-order valence-electron chi connectivity index (χ3n) is 3.27. The van der Waals surface area contributed by atoms with Gasteiger partial charge in [-0.25, -0.2) is 9.78 Å². The second-order valence-electron chi connectivity index (χ2n) is 4.97. The van der Waals surface area contributed by atoms with Gasteiger partial charge in [0.05, 0.1) is 6.61 Å². The van der Waals surface area contributed by atoms with Crippen LogP contribution >= 0.6 is 11.8 Å². The molecule has 1 aromatic heterocycles. The van der Waals surface area contributed by atoms with Crippen molar-refractivity contribution in [3.63, 3.8) is 0 Å². The first kappa shape index (κ1) is 16.5. The number of carbonyl (C=O) groups excluding carboxylic acids is 3. The summed E-state index contributed by atoms with van der Waals surface area (Å²) in [5.41, 5.74) is 0.289. The maximum atomic E-state index is 12.2. The number of ether oxygens (including phenoxy) is 1. The van der Waals surface area contributed by atoms with E-state index in [9.17, 15) is 14.4 Å².